The molecular weight excluding hydrogens is 1260 g/mol. The second-order valence-electron chi connectivity index (χ2n) is 22.3. The minimum atomic E-state index is -2.27. The Hall–Kier alpha value is -1.76. The molecule has 21 aliphatic rings. The van der Waals surface area contributed by atoms with Crippen LogP contribution in [0.2, 0.25) is 0 Å². The van der Waals surface area contributed by atoms with Gasteiger partial charge in [0.15, 0.2) is 44.0 Å². The number of rotatable bonds is 15. The molecule has 0 aromatic rings. The maximum absolute atomic E-state index is 11.7. The molecule has 0 aromatic carbocycles. The van der Waals surface area contributed by atoms with E-state index in [0.717, 1.165) is 23.5 Å². The van der Waals surface area contributed by atoms with Crippen LogP contribution >= 0.6 is 23.5 Å². The first-order valence-corrected chi connectivity index (χ1v) is 30.4. The highest BCUT2D eigenvalue weighted by Gasteiger charge is 2.60. The summed E-state index contributed by atoms with van der Waals surface area (Å²) < 4.78 is 81.6. The van der Waals surface area contributed by atoms with Crippen molar-refractivity contribution in [2.45, 2.75) is 227 Å². The van der Waals surface area contributed by atoms with Gasteiger partial charge in [0.25, 0.3) is 0 Å². The zero-order valence-corrected chi connectivity index (χ0v) is 48.3. The number of aliphatic carboxylic acids is 2. The molecule has 0 aromatic heterocycles. The number of aliphatic hydroxyl groups is 19. The Balaban J connectivity index is 1.11. The lowest BCUT2D eigenvalue weighted by molar-refractivity contribution is -0.395. The van der Waals surface area contributed by atoms with Crippen LogP contribution in [0.3, 0.4) is 0 Å². The average molecular weight is 1340 g/mol. The highest BCUT2D eigenvalue weighted by atomic mass is 32.2. The molecule has 0 spiro atoms. The summed E-state index contributed by atoms with van der Waals surface area (Å²) in [6, 6.07) is -2.94. The molecule has 20 unspecified atom stereocenters. The lowest BCUT2D eigenvalue weighted by atomic mass is 9.95. The molecule has 516 valence electrons. The predicted molar refractivity (Wildman–Crippen MR) is 280 cm³/mol. The molecule has 89 heavy (non-hydrogen) atoms. The Morgan fingerprint density at radius 3 is 0.596 bits per heavy atom. The summed E-state index contributed by atoms with van der Waals surface area (Å²) >= 11 is 1.60. The van der Waals surface area contributed by atoms with Crippen molar-refractivity contribution in [2.75, 3.05) is 56.0 Å². The third-order valence-corrected chi connectivity index (χ3v) is 18.5. The number of ether oxygens (including phenoxy) is 14. The summed E-state index contributed by atoms with van der Waals surface area (Å²) in [4.78, 5) is 23.2. The van der Waals surface area contributed by atoms with E-state index in [1.807, 2.05) is 0 Å². The Bertz CT molecular complexity index is 2200. The Morgan fingerprint density at radius 1 is 0.281 bits per heavy atom. The number of carboxylic acids is 2. The van der Waals surface area contributed by atoms with Gasteiger partial charge in [-0.05, 0) is 0 Å². The fraction of sp³-hybridized carbons (Fsp3) is 0.958. The van der Waals surface area contributed by atoms with Crippen molar-refractivity contribution in [3.05, 3.63) is 0 Å². The summed E-state index contributed by atoms with van der Waals surface area (Å²) in [7, 11) is 0. The molecular formula is C48H80N2O37S2. The molecule has 21 saturated heterocycles. The predicted octanol–water partition coefficient (Wildman–Crippen LogP) is -14.9. The van der Waals surface area contributed by atoms with E-state index >= 15 is 0 Å². The molecule has 0 radical (unpaired) electrons. The Labute approximate surface area is 511 Å². The SMILES string of the molecule is N[C@H](CSCC1O[C@@H]2O[C@@H]3C(CO)O[C@@H](O[C@@H]4C(CO)O[C@@H](O[C@@H]5C(CSC[C@@H](N)C(=O)O)O[C@@H](O[C@@H]6C(CO)O[C@H](O[C@@H]7C(CO)O[C@H](O[C@@H]8C(CO)O[C@H](O[C@H]1C(O)C2O)C(O)C8O)C(O)C7O)C(O)C6O)C(O)[C@H]5O)C(O)C4O)C(O)C3O)C(=O)O. The van der Waals surface area contributed by atoms with E-state index in [-0.39, 0.29) is 11.5 Å². The van der Waals surface area contributed by atoms with Crippen molar-refractivity contribution in [3.63, 3.8) is 0 Å². The molecule has 41 heteroatoms. The molecule has 14 bridgehead atoms. The molecule has 0 saturated carbocycles. The van der Waals surface area contributed by atoms with Crippen molar-refractivity contribution >= 4 is 35.5 Å². The molecule has 37 atom stereocenters. The molecule has 21 rings (SSSR count). The number of hydrogen-bond acceptors (Lipinski definition) is 39. The zero-order valence-electron chi connectivity index (χ0n) is 46.6. The number of nitrogens with two attached hydrogens (primary N) is 2. The normalized spacial score (nSPS) is 50.1. The summed E-state index contributed by atoms with van der Waals surface area (Å²) in [6.07, 6.45) is -71.4. The minimum absolute atomic E-state index is 0.319. The molecule has 39 nitrogen and oxygen atoms in total. The number of hydrogen-bond donors (Lipinski definition) is 23. The second kappa shape index (κ2) is 31.9. The average Bonchev–Trinajstić information content (AvgIpc) is 0.983. The molecule has 21 fully saturated rings. The summed E-state index contributed by atoms with van der Waals surface area (Å²) in [5.41, 5.74) is 11.4. The first-order valence-electron chi connectivity index (χ1n) is 28.1. The van der Waals surface area contributed by atoms with Gasteiger partial charge in [-0.2, -0.15) is 23.5 Å². The third-order valence-electron chi connectivity index (χ3n) is 16.2. The largest absolute Gasteiger partial charge is 0.480 e. The highest BCUT2D eigenvalue weighted by Crippen LogP contribution is 2.40. The molecule has 0 amide bonds. The fourth-order valence-electron chi connectivity index (χ4n) is 11.2. The zero-order chi connectivity index (χ0) is 65.2. The van der Waals surface area contributed by atoms with E-state index in [2.05, 4.69) is 0 Å². The lowest BCUT2D eigenvalue weighted by Crippen LogP contribution is -2.68. The van der Waals surface area contributed by atoms with Gasteiger partial charge in [-0.25, -0.2) is 0 Å². The number of carbonyl (C=O) groups is 2. The quantitative estimate of drug-likeness (QED) is 0.0724. The first-order chi connectivity index (χ1) is 42.2. The fourth-order valence-corrected chi connectivity index (χ4v) is 13.2. The summed E-state index contributed by atoms with van der Waals surface area (Å²) in [5.74, 6) is -4.26. The van der Waals surface area contributed by atoms with Crippen LogP contribution < -0.4 is 11.5 Å². The van der Waals surface area contributed by atoms with Gasteiger partial charge in [-0.1, -0.05) is 0 Å². The Morgan fingerprint density at radius 2 is 0.438 bits per heavy atom. The van der Waals surface area contributed by atoms with Gasteiger partial charge >= 0.3 is 11.9 Å². The summed E-state index contributed by atoms with van der Waals surface area (Å²) in [5, 5.41) is 233. The maximum atomic E-state index is 11.7. The second-order valence-corrected chi connectivity index (χ2v) is 24.4. The first kappa shape index (κ1) is 73.1. The Kier molecular flexibility index (Phi) is 26.2. The maximum Gasteiger partial charge on any atom is 0.321 e. The van der Waals surface area contributed by atoms with Gasteiger partial charge in [0.2, 0.25) is 0 Å². The van der Waals surface area contributed by atoms with Crippen molar-refractivity contribution in [1.82, 2.24) is 0 Å². The van der Waals surface area contributed by atoms with Crippen LogP contribution in [0.15, 0.2) is 0 Å². The number of thioether (sulfide) groups is 2. The minimum Gasteiger partial charge on any atom is -0.480 e. The van der Waals surface area contributed by atoms with E-state index in [9.17, 15) is 117 Å². The van der Waals surface area contributed by atoms with Gasteiger partial charge in [-0.15, -0.1) is 0 Å². The standard InChI is InChI=1S/C48H80N2O37S2/c49-10(40(70)71)6-88-8-17-38-25(62)32(69)48(80-17)85-37-16(5-55)76-44(28(65)21(37)58)83-35-14(3-53)78-46(30(67)23(35)60)87-39-18(9-89-7-11(50)41(72)73)79-47(31(68)24(39)61)84-36-15(4-54)75-43(27(64)20(36)57)81-33-12(1-51)74-42(26(63)19(33)56)82-34-13(2-52)77-45(86-38)29(66)22(34)59/h10-39,42-48,51-69H,1-9,49-50H2,(H,70,71)(H,72,73)/t10-,11-,12?,13?,14?,15?,16?,17?,18?,19?,20?,21?,22?,23?,24-,25?,26?,27?,28?,29?,30?,31?,32?,33-,34-,35-,36-,37-,38-,39-,42-,43-,44+,45-,46+,47+,48-/m1/s1. The van der Waals surface area contributed by atoms with Crippen molar-refractivity contribution in [2.24, 2.45) is 11.5 Å². The van der Waals surface area contributed by atoms with Crippen LogP contribution in [0.4, 0.5) is 0 Å². The third kappa shape index (κ3) is 15.9. The van der Waals surface area contributed by atoms with Crippen molar-refractivity contribution in [3.8, 4) is 0 Å². The van der Waals surface area contributed by atoms with Crippen LogP contribution in [-0.4, -0.2) is 402 Å². The van der Waals surface area contributed by atoms with E-state index < -0.39 is 284 Å². The monoisotopic (exact) mass is 1340 g/mol. The topological polar surface area (TPSA) is 640 Å². The molecule has 25 N–H and O–H groups in total. The van der Waals surface area contributed by atoms with Gasteiger partial charge < -0.3 is 185 Å². The van der Waals surface area contributed by atoms with Gasteiger partial charge in [0.1, 0.15) is 171 Å². The number of carboxylic acid groups (broad SMARTS) is 2. The van der Waals surface area contributed by atoms with Crippen LogP contribution in [0.25, 0.3) is 0 Å². The van der Waals surface area contributed by atoms with Gasteiger partial charge in [-0.3, -0.25) is 9.59 Å². The van der Waals surface area contributed by atoms with Crippen LogP contribution in [0.1, 0.15) is 0 Å². The van der Waals surface area contributed by atoms with E-state index in [1.54, 1.807) is 0 Å². The highest BCUT2D eigenvalue weighted by molar-refractivity contribution is 7.99. The molecule has 21 heterocycles. The van der Waals surface area contributed by atoms with Crippen LogP contribution in [0, 0.1) is 0 Å². The van der Waals surface area contributed by atoms with Crippen LogP contribution in [0.5, 0.6) is 0 Å². The smallest absolute Gasteiger partial charge is 0.321 e. The van der Waals surface area contributed by atoms with E-state index in [0.29, 0.717) is 0 Å². The summed E-state index contributed by atoms with van der Waals surface area (Å²) in [6.45, 7) is -5.43. The molecule has 21 aliphatic heterocycles. The number of aliphatic hydroxyl groups excluding tert-OH is 19. The van der Waals surface area contributed by atoms with Crippen LogP contribution in [-0.2, 0) is 75.9 Å². The van der Waals surface area contributed by atoms with E-state index in [1.165, 1.54) is 0 Å². The lowest BCUT2D eigenvalue weighted by Gasteiger charge is -2.50. The van der Waals surface area contributed by atoms with E-state index in [4.69, 9.17) is 77.8 Å². The van der Waals surface area contributed by atoms with Gasteiger partial charge in [0, 0.05) is 23.0 Å². The molecule has 0 aliphatic carbocycles. The van der Waals surface area contributed by atoms with Crippen molar-refractivity contribution < 1.29 is 183 Å². The van der Waals surface area contributed by atoms with Crippen molar-refractivity contribution in [1.29, 1.82) is 0 Å². The van der Waals surface area contributed by atoms with Gasteiger partial charge in [0.05, 0.1) is 45.2 Å².